The average Bonchev–Trinajstić information content (AvgIpc) is 3.33. The van der Waals surface area contributed by atoms with Crippen molar-refractivity contribution in [2.75, 3.05) is 5.32 Å². The van der Waals surface area contributed by atoms with Crippen LogP contribution in [0.4, 0.5) is 19.1 Å². The van der Waals surface area contributed by atoms with Gasteiger partial charge in [0.2, 0.25) is 11.8 Å². The number of aromatic amines is 2. The third-order valence-electron chi connectivity index (χ3n) is 4.74. The number of nitrogens with one attached hydrogen (secondary N) is 3. The van der Waals surface area contributed by atoms with Crippen molar-refractivity contribution >= 4 is 45.2 Å². The molecule has 0 aliphatic rings. The summed E-state index contributed by atoms with van der Waals surface area (Å²) in [5, 5.41) is 7.57. The number of alkyl halides is 3. The minimum absolute atomic E-state index is 0.140. The maximum absolute atomic E-state index is 12.7. The standard InChI is InChI=1S/C20H17F3N6O2S2/c1-8-4-5-9(2)11(6-8)32-7-12-24-15(30)13-10(3)14(33-17(13)25-12)16(31)26-19-27-18(28-29-19)20(21,22)23/h4-6H,7H2,1-3H3,(H,24,25,30)(H2,26,27,28,29,31). The summed E-state index contributed by atoms with van der Waals surface area (Å²) in [4.78, 5) is 37.3. The van der Waals surface area contributed by atoms with Crippen molar-refractivity contribution in [1.29, 1.82) is 0 Å². The number of fused-ring (bicyclic) bond motifs is 1. The van der Waals surface area contributed by atoms with Gasteiger partial charge in [-0.15, -0.1) is 28.2 Å². The SMILES string of the molecule is Cc1ccc(C)c(SCc2nc3sc(C(=O)Nc4n[nH]c(C(F)(F)F)n4)c(C)c3c(=O)[nH]2)c1. The molecule has 0 spiro atoms. The first kappa shape index (κ1) is 23.0. The molecule has 4 aromatic rings. The first-order chi connectivity index (χ1) is 15.5. The van der Waals surface area contributed by atoms with Crippen LogP contribution in [0.25, 0.3) is 10.2 Å². The number of halogens is 3. The van der Waals surface area contributed by atoms with E-state index in [4.69, 9.17) is 0 Å². The molecule has 4 rings (SSSR count). The van der Waals surface area contributed by atoms with Gasteiger partial charge in [-0.3, -0.25) is 20.0 Å². The van der Waals surface area contributed by atoms with Crippen molar-refractivity contribution in [2.45, 2.75) is 37.6 Å². The van der Waals surface area contributed by atoms with Crippen LogP contribution in [0.2, 0.25) is 0 Å². The number of carbonyl (C=O) groups excluding carboxylic acids is 1. The lowest BCUT2D eigenvalue weighted by atomic mass is 10.2. The van der Waals surface area contributed by atoms with Gasteiger partial charge in [0.25, 0.3) is 11.5 Å². The fraction of sp³-hybridized carbons (Fsp3) is 0.250. The highest BCUT2D eigenvalue weighted by Gasteiger charge is 2.35. The number of hydrogen-bond donors (Lipinski definition) is 3. The second kappa shape index (κ2) is 8.63. The zero-order chi connectivity index (χ0) is 23.9. The molecule has 172 valence electrons. The number of anilines is 1. The van der Waals surface area contributed by atoms with Gasteiger partial charge in [0.05, 0.1) is 16.0 Å². The molecule has 0 aliphatic carbocycles. The van der Waals surface area contributed by atoms with E-state index in [2.05, 4.69) is 31.4 Å². The van der Waals surface area contributed by atoms with Gasteiger partial charge in [-0.25, -0.2) is 4.98 Å². The van der Waals surface area contributed by atoms with Gasteiger partial charge in [0, 0.05) is 4.90 Å². The van der Waals surface area contributed by atoms with Crippen LogP contribution in [0.3, 0.4) is 0 Å². The number of nitrogens with zero attached hydrogens (tertiary/aromatic N) is 3. The number of aromatic nitrogens is 5. The Balaban J connectivity index is 1.58. The molecule has 0 bridgehead atoms. The largest absolute Gasteiger partial charge is 0.451 e. The summed E-state index contributed by atoms with van der Waals surface area (Å²) in [6.07, 6.45) is -4.72. The second-order valence-corrected chi connectivity index (χ2v) is 9.28. The summed E-state index contributed by atoms with van der Waals surface area (Å²) in [6.45, 7) is 5.58. The number of rotatable bonds is 5. The molecule has 0 saturated carbocycles. The lowest BCUT2D eigenvalue weighted by Gasteiger charge is -2.06. The molecule has 0 aliphatic heterocycles. The molecule has 13 heteroatoms. The van der Waals surface area contributed by atoms with E-state index in [1.165, 1.54) is 11.8 Å². The zero-order valence-electron chi connectivity index (χ0n) is 17.5. The van der Waals surface area contributed by atoms with Gasteiger partial charge in [-0.1, -0.05) is 17.7 Å². The van der Waals surface area contributed by atoms with Crippen molar-refractivity contribution in [3.8, 4) is 0 Å². The number of H-pyrrole nitrogens is 2. The van der Waals surface area contributed by atoms with Crippen molar-refractivity contribution in [2.24, 2.45) is 0 Å². The van der Waals surface area contributed by atoms with Crippen molar-refractivity contribution < 1.29 is 18.0 Å². The van der Waals surface area contributed by atoms with Gasteiger partial charge in [-0.2, -0.15) is 18.2 Å². The first-order valence-electron chi connectivity index (χ1n) is 9.56. The summed E-state index contributed by atoms with van der Waals surface area (Å²) in [6, 6.07) is 6.10. The summed E-state index contributed by atoms with van der Waals surface area (Å²) in [7, 11) is 0. The number of thioether (sulfide) groups is 1. The van der Waals surface area contributed by atoms with Crippen LogP contribution in [-0.4, -0.2) is 31.1 Å². The molecule has 1 aromatic carbocycles. The molecular formula is C20H17F3N6O2S2. The monoisotopic (exact) mass is 494 g/mol. The van der Waals surface area contributed by atoms with Crippen molar-refractivity contribution in [3.05, 3.63) is 61.8 Å². The first-order valence-corrected chi connectivity index (χ1v) is 11.4. The Labute approximate surface area is 193 Å². The molecule has 0 saturated heterocycles. The highest BCUT2D eigenvalue weighted by Crippen LogP contribution is 2.30. The molecule has 1 amide bonds. The minimum atomic E-state index is -4.72. The maximum atomic E-state index is 12.7. The Morgan fingerprint density at radius 2 is 1.97 bits per heavy atom. The van der Waals surface area contributed by atoms with Crippen LogP contribution in [0.1, 0.15) is 38.0 Å². The summed E-state index contributed by atoms with van der Waals surface area (Å²) >= 11 is 2.51. The highest BCUT2D eigenvalue weighted by molar-refractivity contribution is 7.98. The van der Waals surface area contributed by atoms with E-state index in [1.54, 1.807) is 12.0 Å². The van der Waals surface area contributed by atoms with Crippen LogP contribution in [0.15, 0.2) is 27.9 Å². The Hall–Kier alpha value is -3.19. The van der Waals surface area contributed by atoms with Crippen LogP contribution >= 0.6 is 23.1 Å². The van der Waals surface area contributed by atoms with E-state index in [0.29, 0.717) is 22.0 Å². The number of carbonyl (C=O) groups is 1. The third kappa shape index (κ3) is 4.78. The van der Waals surface area contributed by atoms with E-state index in [9.17, 15) is 22.8 Å². The van der Waals surface area contributed by atoms with Crippen molar-refractivity contribution in [1.82, 2.24) is 25.1 Å². The Morgan fingerprint density at radius 3 is 2.67 bits per heavy atom. The van der Waals surface area contributed by atoms with Gasteiger partial charge in [0.1, 0.15) is 10.7 Å². The Kier molecular flexibility index (Phi) is 6.01. The van der Waals surface area contributed by atoms with E-state index in [0.717, 1.165) is 27.4 Å². The fourth-order valence-corrected chi connectivity index (χ4v) is 5.17. The second-order valence-electron chi connectivity index (χ2n) is 7.27. The number of hydrogen-bond acceptors (Lipinski definition) is 7. The topological polar surface area (TPSA) is 116 Å². The van der Waals surface area contributed by atoms with E-state index >= 15 is 0 Å². The fourth-order valence-electron chi connectivity index (χ4n) is 3.09. The summed E-state index contributed by atoms with van der Waals surface area (Å²) in [5.41, 5.74) is 2.22. The quantitative estimate of drug-likeness (QED) is 0.350. The predicted molar refractivity (Wildman–Crippen MR) is 120 cm³/mol. The third-order valence-corrected chi connectivity index (χ3v) is 7.10. The zero-order valence-corrected chi connectivity index (χ0v) is 19.2. The number of thiophene rings is 1. The van der Waals surface area contributed by atoms with Crippen LogP contribution in [0.5, 0.6) is 0 Å². The molecule has 3 aromatic heterocycles. The van der Waals surface area contributed by atoms with Gasteiger partial charge in [-0.05, 0) is 38.0 Å². The molecule has 3 N–H and O–H groups in total. The number of aryl methyl sites for hydroxylation is 3. The van der Waals surface area contributed by atoms with Gasteiger partial charge < -0.3 is 4.98 Å². The predicted octanol–water partition coefficient (Wildman–Crippen LogP) is 4.59. The number of benzene rings is 1. The normalized spacial score (nSPS) is 11.8. The van der Waals surface area contributed by atoms with Gasteiger partial charge >= 0.3 is 6.18 Å². The lowest BCUT2D eigenvalue weighted by Crippen LogP contribution is -2.14. The lowest BCUT2D eigenvalue weighted by molar-refractivity contribution is -0.144. The molecule has 33 heavy (non-hydrogen) atoms. The molecule has 3 heterocycles. The molecule has 0 unspecified atom stereocenters. The minimum Gasteiger partial charge on any atom is -0.309 e. The summed E-state index contributed by atoms with van der Waals surface area (Å²) in [5.74, 6) is -1.69. The summed E-state index contributed by atoms with van der Waals surface area (Å²) < 4.78 is 38.0. The van der Waals surface area contributed by atoms with Crippen LogP contribution in [0, 0.1) is 20.8 Å². The van der Waals surface area contributed by atoms with Crippen LogP contribution in [-0.2, 0) is 11.9 Å². The maximum Gasteiger partial charge on any atom is 0.451 e. The molecule has 8 nitrogen and oxygen atoms in total. The molecule has 0 atom stereocenters. The van der Waals surface area contributed by atoms with E-state index in [1.807, 2.05) is 26.0 Å². The van der Waals surface area contributed by atoms with E-state index < -0.39 is 23.9 Å². The molecular weight excluding hydrogens is 477 g/mol. The van der Waals surface area contributed by atoms with E-state index in [-0.39, 0.29) is 15.8 Å². The average molecular weight is 495 g/mol. The van der Waals surface area contributed by atoms with Gasteiger partial charge in [0.15, 0.2) is 0 Å². The number of amides is 1. The smallest absolute Gasteiger partial charge is 0.309 e. The van der Waals surface area contributed by atoms with Crippen LogP contribution < -0.4 is 10.9 Å². The molecule has 0 fully saturated rings. The molecule has 0 radical (unpaired) electrons. The highest BCUT2D eigenvalue weighted by atomic mass is 32.2. The Morgan fingerprint density at radius 1 is 1.21 bits per heavy atom. The Bertz CT molecular complexity index is 1420. The van der Waals surface area contributed by atoms with Crippen molar-refractivity contribution in [3.63, 3.8) is 0 Å².